The largest absolute Gasteiger partial charge is 0.366 e. The first-order chi connectivity index (χ1) is 6.36. The molecule has 0 radical (unpaired) electrons. The van der Waals surface area contributed by atoms with E-state index in [1.165, 1.54) is 6.33 Å². The lowest BCUT2D eigenvalue weighted by Crippen LogP contribution is -2.01. The Morgan fingerprint density at radius 2 is 2.31 bits per heavy atom. The first kappa shape index (κ1) is 9.00. The third-order valence-corrected chi connectivity index (χ3v) is 1.28. The average molecular weight is 175 g/mol. The zero-order valence-corrected chi connectivity index (χ0v) is 6.99. The second kappa shape index (κ2) is 4.72. The zero-order chi connectivity index (χ0) is 9.52. The Bertz CT molecular complexity index is 328. The Kier molecular flexibility index (Phi) is 3.27. The second-order valence-electron chi connectivity index (χ2n) is 2.19. The third kappa shape index (κ3) is 2.79. The summed E-state index contributed by atoms with van der Waals surface area (Å²) in [5.74, 6) is 1.14. The predicted molar refractivity (Wildman–Crippen MR) is 50.0 cm³/mol. The summed E-state index contributed by atoms with van der Waals surface area (Å²) in [7, 11) is 0. The number of rotatable bonds is 4. The molecule has 0 aliphatic rings. The van der Waals surface area contributed by atoms with Crippen molar-refractivity contribution in [2.75, 3.05) is 17.2 Å². The van der Waals surface area contributed by atoms with Crippen LogP contribution in [0.3, 0.4) is 0 Å². The van der Waals surface area contributed by atoms with E-state index in [2.05, 4.69) is 27.2 Å². The quantitative estimate of drug-likeness (QED) is 0.405. The van der Waals surface area contributed by atoms with Gasteiger partial charge in [0, 0.05) is 12.6 Å². The molecular formula is C8H9N5. The van der Waals surface area contributed by atoms with E-state index in [4.69, 9.17) is 5.26 Å². The van der Waals surface area contributed by atoms with Gasteiger partial charge >= 0.3 is 0 Å². The second-order valence-corrected chi connectivity index (χ2v) is 2.19. The van der Waals surface area contributed by atoms with Crippen molar-refractivity contribution in [1.29, 1.82) is 5.26 Å². The van der Waals surface area contributed by atoms with Crippen LogP contribution in [0.25, 0.3) is 0 Å². The number of aromatic nitrogens is 2. The smallest absolute Gasteiger partial charge is 0.182 e. The summed E-state index contributed by atoms with van der Waals surface area (Å²) in [5.41, 5.74) is 0. The first-order valence-electron chi connectivity index (χ1n) is 3.68. The lowest BCUT2D eigenvalue weighted by molar-refractivity contribution is 1.14. The molecule has 0 aliphatic heterocycles. The third-order valence-electron chi connectivity index (χ3n) is 1.28. The Labute approximate surface area is 76.1 Å². The Morgan fingerprint density at radius 1 is 1.54 bits per heavy atom. The summed E-state index contributed by atoms with van der Waals surface area (Å²) in [6, 6.07) is 1.65. The molecule has 0 aromatic carbocycles. The van der Waals surface area contributed by atoms with Crippen LogP contribution < -0.4 is 10.6 Å². The van der Waals surface area contributed by atoms with Crippen molar-refractivity contribution in [2.45, 2.75) is 0 Å². The molecule has 1 aromatic rings. The van der Waals surface area contributed by atoms with Crippen LogP contribution in [0.2, 0.25) is 0 Å². The molecule has 2 N–H and O–H groups in total. The molecule has 1 rings (SSSR count). The van der Waals surface area contributed by atoms with Crippen LogP contribution in [-0.4, -0.2) is 16.5 Å². The van der Waals surface area contributed by atoms with Crippen LogP contribution >= 0.6 is 0 Å². The van der Waals surface area contributed by atoms with Crippen molar-refractivity contribution in [1.82, 2.24) is 9.97 Å². The SMILES string of the molecule is C=CCNc1cc(NC#N)ncn1. The van der Waals surface area contributed by atoms with Gasteiger partial charge in [0.1, 0.15) is 18.0 Å². The molecule has 0 saturated heterocycles. The predicted octanol–water partition coefficient (Wildman–Crippen LogP) is 0.967. The van der Waals surface area contributed by atoms with Gasteiger partial charge in [0.05, 0.1) is 0 Å². The molecule has 13 heavy (non-hydrogen) atoms. The van der Waals surface area contributed by atoms with Crippen LogP contribution in [0.15, 0.2) is 25.0 Å². The van der Waals surface area contributed by atoms with Crippen molar-refractivity contribution >= 4 is 11.6 Å². The maximum Gasteiger partial charge on any atom is 0.182 e. The van der Waals surface area contributed by atoms with Crippen LogP contribution in [0.4, 0.5) is 11.6 Å². The molecule has 1 heterocycles. The van der Waals surface area contributed by atoms with E-state index in [-0.39, 0.29) is 0 Å². The van der Waals surface area contributed by atoms with E-state index in [9.17, 15) is 0 Å². The van der Waals surface area contributed by atoms with E-state index < -0.39 is 0 Å². The average Bonchev–Trinajstić information content (AvgIpc) is 2.16. The molecule has 5 nitrogen and oxygen atoms in total. The molecule has 0 unspecified atom stereocenters. The topological polar surface area (TPSA) is 73.6 Å². The fraction of sp³-hybridized carbons (Fsp3) is 0.125. The maximum atomic E-state index is 8.33. The van der Waals surface area contributed by atoms with E-state index in [0.29, 0.717) is 18.2 Å². The maximum absolute atomic E-state index is 8.33. The molecule has 0 saturated carbocycles. The van der Waals surface area contributed by atoms with Gasteiger partial charge in [-0.05, 0) is 0 Å². The molecular weight excluding hydrogens is 166 g/mol. The summed E-state index contributed by atoms with van der Waals surface area (Å²) >= 11 is 0. The van der Waals surface area contributed by atoms with Gasteiger partial charge in [-0.3, -0.25) is 5.32 Å². The van der Waals surface area contributed by atoms with Gasteiger partial charge in [-0.1, -0.05) is 6.08 Å². The highest BCUT2D eigenvalue weighted by Crippen LogP contribution is 2.06. The number of nitriles is 1. The Balaban J connectivity index is 2.68. The summed E-state index contributed by atoms with van der Waals surface area (Å²) in [6.07, 6.45) is 4.88. The normalized spacial score (nSPS) is 8.54. The van der Waals surface area contributed by atoms with Crippen molar-refractivity contribution in [3.63, 3.8) is 0 Å². The molecule has 66 valence electrons. The number of anilines is 2. The summed E-state index contributed by atoms with van der Waals surface area (Å²) in [4.78, 5) is 7.77. The van der Waals surface area contributed by atoms with E-state index in [1.54, 1.807) is 18.3 Å². The number of hydrogen-bond acceptors (Lipinski definition) is 5. The summed E-state index contributed by atoms with van der Waals surface area (Å²) < 4.78 is 0. The highest BCUT2D eigenvalue weighted by Gasteiger charge is 1.95. The van der Waals surface area contributed by atoms with Gasteiger partial charge in [0.25, 0.3) is 0 Å². The fourth-order valence-electron chi connectivity index (χ4n) is 0.756. The van der Waals surface area contributed by atoms with Crippen molar-refractivity contribution in [3.8, 4) is 6.19 Å². The minimum atomic E-state index is 0.476. The van der Waals surface area contributed by atoms with Crippen LogP contribution in [0.5, 0.6) is 0 Å². The molecule has 0 spiro atoms. The molecule has 0 aliphatic carbocycles. The fourth-order valence-corrected chi connectivity index (χ4v) is 0.756. The van der Waals surface area contributed by atoms with Gasteiger partial charge in [-0.15, -0.1) is 6.58 Å². The van der Waals surface area contributed by atoms with Crippen molar-refractivity contribution in [3.05, 3.63) is 25.0 Å². The van der Waals surface area contributed by atoms with Crippen molar-refractivity contribution in [2.24, 2.45) is 0 Å². The van der Waals surface area contributed by atoms with Gasteiger partial charge in [-0.2, -0.15) is 5.26 Å². The van der Waals surface area contributed by atoms with Crippen LogP contribution in [-0.2, 0) is 0 Å². The lowest BCUT2D eigenvalue weighted by atomic mass is 10.5. The highest BCUT2D eigenvalue weighted by atomic mass is 15.1. The monoisotopic (exact) mass is 175 g/mol. The molecule has 0 atom stereocenters. The van der Waals surface area contributed by atoms with E-state index >= 15 is 0 Å². The molecule has 0 amide bonds. The molecule has 0 bridgehead atoms. The van der Waals surface area contributed by atoms with Gasteiger partial charge in [0.2, 0.25) is 0 Å². The lowest BCUT2D eigenvalue weighted by Gasteiger charge is -2.02. The Morgan fingerprint density at radius 3 is 3.00 bits per heavy atom. The summed E-state index contributed by atoms with van der Waals surface area (Å²) in [5, 5.41) is 13.7. The van der Waals surface area contributed by atoms with E-state index in [0.717, 1.165) is 0 Å². The van der Waals surface area contributed by atoms with E-state index in [1.807, 2.05) is 0 Å². The van der Waals surface area contributed by atoms with Crippen molar-refractivity contribution < 1.29 is 0 Å². The molecule has 5 heteroatoms. The van der Waals surface area contributed by atoms with Gasteiger partial charge in [-0.25, -0.2) is 9.97 Å². The zero-order valence-electron chi connectivity index (χ0n) is 6.99. The molecule has 0 fully saturated rings. The van der Waals surface area contributed by atoms with Crippen LogP contribution in [0, 0.1) is 11.5 Å². The standard InChI is InChI=1S/C8H9N5/c1-2-3-10-7-4-8(11-5-9)13-6-12-7/h2,4,6H,1,3H2,(H2,10,11,12,13). The molecule has 1 aromatic heterocycles. The van der Waals surface area contributed by atoms with Gasteiger partial charge in [0.15, 0.2) is 6.19 Å². The number of nitrogens with zero attached hydrogens (tertiary/aromatic N) is 3. The Hall–Kier alpha value is -2.09. The number of nitrogens with one attached hydrogen (secondary N) is 2. The van der Waals surface area contributed by atoms with Gasteiger partial charge < -0.3 is 5.32 Å². The highest BCUT2D eigenvalue weighted by molar-refractivity contribution is 5.48. The minimum absolute atomic E-state index is 0.476. The first-order valence-corrected chi connectivity index (χ1v) is 3.68. The van der Waals surface area contributed by atoms with Crippen LogP contribution in [0.1, 0.15) is 0 Å². The summed E-state index contributed by atoms with van der Waals surface area (Å²) in [6.45, 7) is 4.19. The number of hydrogen-bond donors (Lipinski definition) is 2. The minimum Gasteiger partial charge on any atom is -0.366 e.